The summed E-state index contributed by atoms with van der Waals surface area (Å²) in [7, 11) is 2.91. The van der Waals surface area contributed by atoms with Gasteiger partial charge in [-0.25, -0.2) is 9.59 Å². The standard InChI is InChI=1S/C27H34N4O6/c1-35-22-7-3-19(4-8-22)17-24-26(33)30(21-11-13-28-14-12-21)15-16-31(24)27(34)29-20-5-9-23(10-6-20)37-18-25(32)36-2/h3-10,21,24,28H,11-18H2,1-2H3,(H,29,34). The van der Waals surface area contributed by atoms with Crippen molar-refractivity contribution in [3.8, 4) is 11.5 Å². The van der Waals surface area contributed by atoms with Crippen LogP contribution in [-0.4, -0.2) is 86.8 Å². The van der Waals surface area contributed by atoms with E-state index in [1.807, 2.05) is 29.2 Å². The third-order valence-corrected chi connectivity index (χ3v) is 6.81. The molecule has 2 saturated heterocycles. The number of ether oxygens (including phenoxy) is 3. The Morgan fingerprint density at radius 2 is 1.65 bits per heavy atom. The molecular formula is C27H34N4O6. The van der Waals surface area contributed by atoms with E-state index in [0.717, 1.165) is 37.2 Å². The predicted octanol–water partition coefficient (Wildman–Crippen LogP) is 2.29. The second-order valence-corrected chi connectivity index (χ2v) is 9.09. The SMILES string of the molecule is COC(=O)COc1ccc(NC(=O)N2CCN(C3CCNCC3)C(=O)C2Cc2ccc(OC)cc2)cc1. The molecule has 1 atom stereocenters. The Morgan fingerprint density at radius 1 is 0.973 bits per heavy atom. The van der Waals surface area contributed by atoms with Crippen molar-refractivity contribution in [1.29, 1.82) is 0 Å². The first-order valence-electron chi connectivity index (χ1n) is 12.5. The van der Waals surface area contributed by atoms with E-state index in [2.05, 4.69) is 15.4 Å². The predicted molar refractivity (Wildman–Crippen MR) is 138 cm³/mol. The van der Waals surface area contributed by atoms with Crippen molar-refractivity contribution in [3.63, 3.8) is 0 Å². The Bertz CT molecular complexity index is 1070. The number of nitrogens with zero attached hydrogens (tertiary/aromatic N) is 2. The highest BCUT2D eigenvalue weighted by Gasteiger charge is 2.40. The molecule has 3 amide bonds. The summed E-state index contributed by atoms with van der Waals surface area (Å²) in [5.74, 6) is 0.722. The molecule has 2 aliphatic rings. The molecule has 0 aliphatic carbocycles. The average Bonchev–Trinajstić information content (AvgIpc) is 2.94. The van der Waals surface area contributed by atoms with Gasteiger partial charge in [-0.15, -0.1) is 0 Å². The van der Waals surface area contributed by atoms with E-state index in [0.29, 0.717) is 30.9 Å². The van der Waals surface area contributed by atoms with Gasteiger partial charge in [-0.3, -0.25) is 4.79 Å². The fraction of sp³-hybridized carbons (Fsp3) is 0.444. The van der Waals surface area contributed by atoms with Crippen LogP contribution >= 0.6 is 0 Å². The minimum Gasteiger partial charge on any atom is -0.497 e. The Morgan fingerprint density at radius 3 is 2.30 bits per heavy atom. The molecule has 0 aromatic heterocycles. The number of rotatable bonds is 8. The molecule has 4 rings (SSSR count). The molecule has 2 aromatic carbocycles. The van der Waals surface area contributed by atoms with E-state index in [1.165, 1.54) is 7.11 Å². The summed E-state index contributed by atoms with van der Waals surface area (Å²) in [5, 5.41) is 6.25. The van der Waals surface area contributed by atoms with Crippen LogP contribution in [0.5, 0.6) is 11.5 Å². The number of amides is 3. The van der Waals surface area contributed by atoms with E-state index in [4.69, 9.17) is 9.47 Å². The lowest BCUT2D eigenvalue weighted by Crippen LogP contribution is -2.63. The van der Waals surface area contributed by atoms with Crippen LogP contribution in [-0.2, 0) is 20.7 Å². The van der Waals surface area contributed by atoms with Gasteiger partial charge in [0.2, 0.25) is 5.91 Å². The van der Waals surface area contributed by atoms with Crippen molar-refractivity contribution in [2.75, 3.05) is 52.3 Å². The quantitative estimate of drug-likeness (QED) is 0.525. The van der Waals surface area contributed by atoms with Crippen molar-refractivity contribution >= 4 is 23.6 Å². The van der Waals surface area contributed by atoms with E-state index in [1.54, 1.807) is 36.3 Å². The van der Waals surface area contributed by atoms with Gasteiger partial charge in [-0.05, 0) is 67.9 Å². The van der Waals surface area contributed by atoms with Crippen LogP contribution in [0.15, 0.2) is 48.5 Å². The fourth-order valence-electron chi connectivity index (χ4n) is 4.74. The first-order chi connectivity index (χ1) is 18.0. The van der Waals surface area contributed by atoms with Crippen LogP contribution in [0.1, 0.15) is 18.4 Å². The van der Waals surface area contributed by atoms with Crippen molar-refractivity contribution in [1.82, 2.24) is 15.1 Å². The first-order valence-corrected chi connectivity index (χ1v) is 12.5. The molecule has 198 valence electrons. The molecule has 0 saturated carbocycles. The van der Waals surface area contributed by atoms with Gasteiger partial charge in [-0.1, -0.05) is 12.1 Å². The number of carbonyl (C=O) groups is 3. The number of nitrogens with one attached hydrogen (secondary N) is 2. The Labute approximate surface area is 216 Å². The maximum atomic E-state index is 13.7. The highest BCUT2D eigenvalue weighted by molar-refractivity contribution is 5.95. The molecule has 0 bridgehead atoms. The molecule has 2 fully saturated rings. The third-order valence-electron chi connectivity index (χ3n) is 6.81. The summed E-state index contributed by atoms with van der Waals surface area (Å²) >= 11 is 0. The fourth-order valence-corrected chi connectivity index (χ4v) is 4.74. The lowest BCUT2D eigenvalue weighted by Gasteiger charge is -2.45. The smallest absolute Gasteiger partial charge is 0.343 e. The van der Waals surface area contributed by atoms with Gasteiger partial charge in [0.25, 0.3) is 0 Å². The number of piperidine rings is 1. The summed E-state index contributed by atoms with van der Waals surface area (Å²) in [6.45, 7) is 2.54. The number of urea groups is 1. The van der Waals surface area contributed by atoms with Crippen LogP contribution in [0, 0.1) is 0 Å². The zero-order chi connectivity index (χ0) is 26.2. The number of hydrogen-bond donors (Lipinski definition) is 2. The molecule has 10 heteroatoms. The summed E-state index contributed by atoms with van der Waals surface area (Å²) in [4.78, 5) is 41.9. The molecule has 2 aliphatic heterocycles. The van der Waals surface area contributed by atoms with Crippen molar-refractivity contribution in [2.24, 2.45) is 0 Å². The third kappa shape index (κ3) is 6.71. The summed E-state index contributed by atoms with van der Waals surface area (Å²) in [5.41, 5.74) is 1.52. The van der Waals surface area contributed by atoms with Gasteiger partial charge in [0.1, 0.15) is 17.5 Å². The Kier molecular flexibility index (Phi) is 8.84. The highest BCUT2D eigenvalue weighted by Crippen LogP contribution is 2.24. The monoisotopic (exact) mass is 510 g/mol. The minimum atomic E-state index is -0.611. The van der Waals surface area contributed by atoms with Gasteiger partial charge >= 0.3 is 12.0 Å². The second-order valence-electron chi connectivity index (χ2n) is 9.09. The van der Waals surface area contributed by atoms with Gasteiger partial charge in [0, 0.05) is 31.2 Å². The molecular weight excluding hydrogens is 476 g/mol. The summed E-state index contributed by atoms with van der Waals surface area (Å²) < 4.78 is 15.2. The number of piperazine rings is 1. The second kappa shape index (κ2) is 12.4. The van der Waals surface area contributed by atoms with Gasteiger partial charge in [0.15, 0.2) is 6.61 Å². The minimum absolute atomic E-state index is 0.0179. The van der Waals surface area contributed by atoms with Crippen LogP contribution < -0.4 is 20.1 Å². The maximum absolute atomic E-state index is 13.7. The molecule has 2 heterocycles. The number of methoxy groups -OCH3 is 2. The molecule has 1 unspecified atom stereocenters. The molecule has 37 heavy (non-hydrogen) atoms. The lowest BCUT2D eigenvalue weighted by atomic mass is 9.97. The number of anilines is 1. The van der Waals surface area contributed by atoms with Gasteiger partial charge in [0.05, 0.1) is 14.2 Å². The van der Waals surface area contributed by atoms with Crippen LogP contribution in [0.4, 0.5) is 10.5 Å². The van der Waals surface area contributed by atoms with Crippen molar-refractivity contribution < 1.29 is 28.6 Å². The number of hydrogen-bond acceptors (Lipinski definition) is 7. The molecule has 2 aromatic rings. The molecule has 10 nitrogen and oxygen atoms in total. The zero-order valence-corrected chi connectivity index (χ0v) is 21.3. The number of esters is 1. The lowest BCUT2D eigenvalue weighted by molar-refractivity contribution is -0.143. The number of carbonyl (C=O) groups excluding carboxylic acids is 3. The normalized spacial score (nSPS) is 18.3. The van der Waals surface area contributed by atoms with E-state index < -0.39 is 12.0 Å². The van der Waals surface area contributed by atoms with Crippen LogP contribution in [0.2, 0.25) is 0 Å². The van der Waals surface area contributed by atoms with Crippen LogP contribution in [0.25, 0.3) is 0 Å². The summed E-state index contributed by atoms with van der Waals surface area (Å²) in [6, 6.07) is 13.5. The first kappa shape index (κ1) is 26.3. The molecule has 0 radical (unpaired) electrons. The Balaban J connectivity index is 1.47. The van der Waals surface area contributed by atoms with E-state index in [-0.39, 0.29) is 24.6 Å². The average molecular weight is 511 g/mol. The van der Waals surface area contributed by atoms with E-state index in [9.17, 15) is 14.4 Å². The Hall–Kier alpha value is -3.79. The molecule has 0 spiro atoms. The maximum Gasteiger partial charge on any atom is 0.343 e. The zero-order valence-electron chi connectivity index (χ0n) is 21.3. The number of benzene rings is 2. The van der Waals surface area contributed by atoms with E-state index >= 15 is 0 Å². The molecule has 2 N–H and O–H groups in total. The van der Waals surface area contributed by atoms with Gasteiger partial charge in [-0.2, -0.15) is 0 Å². The van der Waals surface area contributed by atoms with Crippen molar-refractivity contribution in [3.05, 3.63) is 54.1 Å². The largest absolute Gasteiger partial charge is 0.497 e. The summed E-state index contributed by atoms with van der Waals surface area (Å²) in [6.07, 6.45) is 2.24. The van der Waals surface area contributed by atoms with Crippen LogP contribution in [0.3, 0.4) is 0 Å². The van der Waals surface area contributed by atoms with Gasteiger partial charge < -0.3 is 34.6 Å². The highest BCUT2D eigenvalue weighted by atomic mass is 16.6. The topological polar surface area (TPSA) is 109 Å². The van der Waals surface area contributed by atoms with Crippen molar-refractivity contribution in [2.45, 2.75) is 31.3 Å².